The zero-order chi connectivity index (χ0) is 23.4. The summed E-state index contributed by atoms with van der Waals surface area (Å²) < 4.78 is 12.5. The lowest BCUT2D eigenvalue weighted by Crippen LogP contribution is -2.31. The number of carbonyl (C=O) groups excluding carboxylic acids is 2. The number of ketones is 1. The number of imidazole rings is 1. The Hall–Kier alpha value is -4.14. The second kappa shape index (κ2) is 9.56. The fourth-order valence-corrected chi connectivity index (χ4v) is 3.98. The van der Waals surface area contributed by atoms with Crippen molar-refractivity contribution in [2.24, 2.45) is 0 Å². The number of benzene rings is 1. The number of carbonyl (C=O) groups is 2. The number of aliphatic hydroxyl groups excluding tert-OH is 1. The number of hydrogen-bond donors (Lipinski definition) is 1. The number of pyridine rings is 1. The Labute approximate surface area is 190 Å². The van der Waals surface area contributed by atoms with Crippen LogP contribution in [0.25, 0.3) is 5.76 Å². The van der Waals surface area contributed by atoms with Gasteiger partial charge in [-0.25, -0.2) is 4.98 Å². The van der Waals surface area contributed by atoms with E-state index in [0.717, 1.165) is 0 Å². The number of amides is 1. The second-order valence-corrected chi connectivity index (χ2v) is 7.49. The van der Waals surface area contributed by atoms with E-state index in [1.165, 1.54) is 19.1 Å². The SMILES string of the molecule is COc1ccc(/C(O)=C2\C(=O)C(=O)N(CCCn3ccnc3)[C@H]2c2ccncc2)c(OC)c1. The number of hydrogen-bond acceptors (Lipinski definition) is 7. The largest absolute Gasteiger partial charge is 0.507 e. The van der Waals surface area contributed by atoms with Crippen LogP contribution in [0, 0.1) is 0 Å². The van der Waals surface area contributed by atoms with Gasteiger partial charge in [0.1, 0.15) is 17.3 Å². The predicted molar refractivity (Wildman–Crippen MR) is 120 cm³/mol. The third kappa shape index (κ3) is 4.30. The predicted octanol–water partition coefficient (Wildman–Crippen LogP) is 2.81. The van der Waals surface area contributed by atoms with Crippen LogP contribution in [-0.2, 0) is 16.1 Å². The molecule has 3 aromatic rings. The minimum Gasteiger partial charge on any atom is -0.507 e. The molecule has 0 saturated carbocycles. The fraction of sp³-hybridized carbons (Fsp3) is 0.250. The van der Waals surface area contributed by atoms with E-state index in [4.69, 9.17) is 9.47 Å². The van der Waals surface area contributed by atoms with Gasteiger partial charge in [0.05, 0.1) is 37.7 Å². The van der Waals surface area contributed by atoms with Crippen LogP contribution in [0.2, 0.25) is 0 Å². The van der Waals surface area contributed by atoms with Crippen molar-refractivity contribution in [1.29, 1.82) is 0 Å². The number of rotatable bonds is 8. The molecule has 0 unspecified atom stereocenters. The van der Waals surface area contributed by atoms with Gasteiger partial charge in [-0.3, -0.25) is 14.6 Å². The minimum absolute atomic E-state index is 0.0114. The minimum atomic E-state index is -0.748. The van der Waals surface area contributed by atoms with Crippen LogP contribution in [0.3, 0.4) is 0 Å². The summed E-state index contributed by atoms with van der Waals surface area (Å²) in [6.07, 6.45) is 9.01. The highest BCUT2D eigenvalue weighted by molar-refractivity contribution is 6.46. The van der Waals surface area contributed by atoms with Crippen molar-refractivity contribution < 1.29 is 24.2 Å². The van der Waals surface area contributed by atoms with E-state index in [0.29, 0.717) is 42.1 Å². The maximum absolute atomic E-state index is 13.1. The third-order valence-corrected chi connectivity index (χ3v) is 5.60. The van der Waals surface area contributed by atoms with Gasteiger partial charge in [0.25, 0.3) is 11.7 Å². The molecule has 9 nitrogen and oxygen atoms in total. The van der Waals surface area contributed by atoms with E-state index in [9.17, 15) is 14.7 Å². The van der Waals surface area contributed by atoms with Gasteiger partial charge in [0.15, 0.2) is 0 Å². The maximum atomic E-state index is 13.1. The summed E-state index contributed by atoms with van der Waals surface area (Å²) in [5.41, 5.74) is 0.993. The molecule has 33 heavy (non-hydrogen) atoms. The number of aliphatic hydroxyl groups is 1. The average Bonchev–Trinajstić information content (AvgIpc) is 3.46. The number of aryl methyl sites for hydroxylation is 1. The van der Waals surface area contributed by atoms with Gasteiger partial charge in [0.2, 0.25) is 0 Å². The third-order valence-electron chi connectivity index (χ3n) is 5.60. The molecule has 9 heteroatoms. The highest BCUT2D eigenvalue weighted by Gasteiger charge is 2.46. The molecule has 3 heterocycles. The maximum Gasteiger partial charge on any atom is 0.295 e. The average molecular weight is 448 g/mol. The molecule has 1 saturated heterocycles. The lowest BCUT2D eigenvalue weighted by molar-refractivity contribution is -0.139. The first-order chi connectivity index (χ1) is 16.0. The molecule has 1 aliphatic heterocycles. The van der Waals surface area contributed by atoms with E-state index < -0.39 is 17.7 Å². The summed E-state index contributed by atoms with van der Waals surface area (Å²) >= 11 is 0. The van der Waals surface area contributed by atoms with E-state index in [1.807, 2.05) is 10.8 Å². The van der Waals surface area contributed by atoms with Gasteiger partial charge >= 0.3 is 0 Å². The van der Waals surface area contributed by atoms with Crippen molar-refractivity contribution in [3.05, 3.63) is 78.1 Å². The lowest BCUT2D eigenvalue weighted by atomic mass is 9.95. The molecule has 0 radical (unpaired) electrons. The quantitative estimate of drug-likeness (QED) is 0.321. The van der Waals surface area contributed by atoms with E-state index in [1.54, 1.807) is 55.2 Å². The van der Waals surface area contributed by atoms with Gasteiger partial charge in [-0.1, -0.05) is 0 Å². The molecular weight excluding hydrogens is 424 g/mol. The first-order valence-electron chi connectivity index (χ1n) is 10.4. The Morgan fingerprint density at radius 3 is 2.48 bits per heavy atom. The van der Waals surface area contributed by atoms with Gasteiger partial charge in [-0.2, -0.15) is 0 Å². The molecular formula is C24H24N4O5. The monoisotopic (exact) mass is 448 g/mol. The van der Waals surface area contributed by atoms with Crippen LogP contribution in [-0.4, -0.2) is 57.0 Å². The summed E-state index contributed by atoms with van der Waals surface area (Å²) in [5.74, 6) is -0.835. The zero-order valence-electron chi connectivity index (χ0n) is 18.3. The number of ether oxygens (including phenoxy) is 2. The van der Waals surface area contributed by atoms with Crippen molar-refractivity contribution in [2.75, 3.05) is 20.8 Å². The smallest absolute Gasteiger partial charge is 0.295 e. The number of methoxy groups -OCH3 is 2. The fourth-order valence-electron chi connectivity index (χ4n) is 3.98. The Morgan fingerprint density at radius 1 is 1.03 bits per heavy atom. The molecule has 0 spiro atoms. The highest BCUT2D eigenvalue weighted by Crippen LogP contribution is 2.41. The summed E-state index contributed by atoms with van der Waals surface area (Å²) in [5, 5.41) is 11.2. The second-order valence-electron chi connectivity index (χ2n) is 7.49. The molecule has 0 aliphatic carbocycles. The first kappa shape index (κ1) is 22.1. The Kier molecular flexibility index (Phi) is 6.39. The van der Waals surface area contributed by atoms with Gasteiger partial charge in [-0.15, -0.1) is 0 Å². The highest BCUT2D eigenvalue weighted by atomic mass is 16.5. The molecule has 1 amide bonds. The molecule has 1 aliphatic rings. The molecule has 1 fully saturated rings. The molecule has 1 N–H and O–H groups in total. The van der Waals surface area contributed by atoms with E-state index in [2.05, 4.69) is 9.97 Å². The Balaban J connectivity index is 1.75. The first-order valence-corrected chi connectivity index (χ1v) is 10.4. The summed E-state index contributed by atoms with van der Waals surface area (Å²) in [6.45, 7) is 0.963. The van der Waals surface area contributed by atoms with Crippen molar-refractivity contribution in [3.63, 3.8) is 0 Å². The van der Waals surface area contributed by atoms with Crippen molar-refractivity contribution in [3.8, 4) is 11.5 Å². The number of aromatic nitrogens is 3. The number of nitrogens with zero attached hydrogens (tertiary/aromatic N) is 4. The van der Waals surface area contributed by atoms with Crippen LogP contribution in [0.4, 0.5) is 0 Å². The van der Waals surface area contributed by atoms with Gasteiger partial charge < -0.3 is 24.0 Å². The number of likely N-dealkylation sites (tertiary alicyclic amines) is 1. The van der Waals surface area contributed by atoms with Crippen LogP contribution >= 0.6 is 0 Å². The van der Waals surface area contributed by atoms with Crippen LogP contribution < -0.4 is 9.47 Å². The zero-order valence-corrected chi connectivity index (χ0v) is 18.3. The summed E-state index contributed by atoms with van der Waals surface area (Å²) in [7, 11) is 2.98. The van der Waals surface area contributed by atoms with Gasteiger partial charge in [0, 0.05) is 43.9 Å². The van der Waals surface area contributed by atoms with E-state index >= 15 is 0 Å². The molecule has 0 bridgehead atoms. The molecule has 1 aromatic carbocycles. The van der Waals surface area contributed by atoms with Crippen molar-refractivity contribution >= 4 is 17.4 Å². The molecule has 1 atom stereocenters. The summed E-state index contributed by atoms with van der Waals surface area (Å²) in [4.78, 5) is 35.7. The normalized spacial score (nSPS) is 17.4. The van der Waals surface area contributed by atoms with Crippen molar-refractivity contribution in [1.82, 2.24) is 19.4 Å². The standard InChI is InChI=1S/C24H24N4O5/c1-32-17-4-5-18(19(14-17)33-2)22(29)20-21(16-6-8-25-9-7-16)28(24(31)23(20)30)12-3-11-27-13-10-26-15-27/h4-10,13-15,21,29H,3,11-12H2,1-2H3/b22-20+/t21-/m0/s1. The number of Topliss-reactive ketones (excluding diaryl/α,β-unsaturated/α-hetero) is 1. The van der Waals surface area contributed by atoms with E-state index in [-0.39, 0.29) is 11.3 Å². The molecule has 170 valence electrons. The van der Waals surface area contributed by atoms with Crippen LogP contribution in [0.5, 0.6) is 11.5 Å². The van der Waals surface area contributed by atoms with Crippen molar-refractivity contribution in [2.45, 2.75) is 19.0 Å². The Bertz CT molecular complexity index is 1170. The Morgan fingerprint density at radius 2 is 1.82 bits per heavy atom. The summed E-state index contributed by atoms with van der Waals surface area (Å²) in [6, 6.07) is 7.58. The van der Waals surface area contributed by atoms with Crippen LogP contribution in [0.15, 0.2) is 67.0 Å². The van der Waals surface area contributed by atoms with Gasteiger partial charge in [-0.05, 0) is 36.2 Å². The lowest BCUT2D eigenvalue weighted by Gasteiger charge is -2.25. The molecule has 2 aromatic heterocycles. The topological polar surface area (TPSA) is 107 Å². The van der Waals surface area contributed by atoms with Crippen LogP contribution in [0.1, 0.15) is 23.6 Å². The molecule has 4 rings (SSSR count).